The van der Waals surface area contributed by atoms with Crippen LogP contribution in [0, 0.1) is 11.7 Å². The Morgan fingerprint density at radius 2 is 2.33 bits per heavy atom. The number of piperidine rings is 1. The fraction of sp³-hybridized carbons (Fsp3) is 0.500. The zero-order valence-corrected chi connectivity index (χ0v) is 11.2. The maximum Gasteiger partial charge on any atom is 0.134 e. The van der Waals surface area contributed by atoms with Crippen molar-refractivity contribution in [2.24, 2.45) is 5.92 Å². The molecule has 0 N–H and O–H groups in total. The van der Waals surface area contributed by atoms with Gasteiger partial charge in [-0.05, 0) is 38.4 Å². The molecular formula is C14H17ClFNO. The highest BCUT2D eigenvalue weighted by atomic mass is 35.5. The smallest absolute Gasteiger partial charge is 0.134 e. The lowest BCUT2D eigenvalue weighted by molar-refractivity contribution is -0.122. The second kappa shape index (κ2) is 5.81. The molecule has 0 saturated carbocycles. The fourth-order valence-electron chi connectivity index (χ4n) is 2.44. The summed E-state index contributed by atoms with van der Waals surface area (Å²) in [5.74, 6) is 0.0380. The van der Waals surface area contributed by atoms with Crippen molar-refractivity contribution < 1.29 is 9.18 Å². The van der Waals surface area contributed by atoms with Crippen LogP contribution in [0.1, 0.15) is 25.3 Å². The monoisotopic (exact) mass is 269 g/mol. The van der Waals surface area contributed by atoms with Crippen LogP contribution in [0.3, 0.4) is 0 Å². The van der Waals surface area contributed by atoms with Crippen LogP contribution >= 0.6 is 11.6 Å². The summed E-state index contributed by atoms with van der Waals surface area (Å²) in [4.78, 5) is 13.5. The number of benzene rings is 1. The predicted octanol–water partition coefficient (Wildman–Crippen LogP) is 3.28. The zero-order chi connectivity index (χ0) is 13.1. The molecule has 0 spiro atoms. The van der Waals surface area contributed by atoms with Gasteiger partial charge in [0.05, 0.1) is 0 Å². The fourth-order valence-corrected chi connectivity index (χ4v) is 2.66. The highest BCUT2D eigenvalue weighted by molar-refractivity contribution is 6.31. The number of carbonyl (C=O) groups excluding carboxylic acids is 1. The van der Waals surface area contributed by atoms with Crippen molar-refractivity contribution >= 4 is 17.4 Å². The molecule has 1 saturated heterocycles. The minimum atomic E-state index is -0.271. The SMILES string of the molecule is CC(=O)C1CCCN(Cc2c(F)cccc2Cl)C1. The van der Waals surface area contributed by atoms with Crippen molar-refractivity contribution in [2.45, 2.75) is 26.3 Å². The second-order valence-corrected chi connectivity index (χ2v) is 5.29. The number of nitrogens with zero attached hydrogens (tertiary/aromatic N) is 1. The third kappa shape index (κ3) is 3.09. The molecule has 1 aliphatic rings. The molecule has 2 nitrogen and oxygen atoms in total. The molecule has 1 aromatic carbocycles. The van der Waals surface area contributed by atoms with E-state index >= 15 is 0 Å². The van der Waals surface area contributed by atoms with Crippen molar-refractivity contribution in [1.29, 1.82) is 0 Å². The van der Waals surface area contributed by atoms with Gasteiger partial charge in [0.1, 0.15) is 11.6 Å². The van der Waals surface area contributed by atoms with Crippen molar-refractivity contribution in [3.8, 4) is 0 Å². The lowest BCUT2D eigenvalue weighted by atomic mass is 9.94. The molecule has 2 rings (SSSR count). The molecule has 1 heterocycles. The van der Waals surface area contributed by atoms with E-state index in [0.29, 0.717) is 23.7 Å². The molecule has 0 amide bonds. The van der Waals surface area contributed by atoms with Gasteiger partial charge < -0.3 is 0 Å². The van der Waals surface area contributed by atoms with E-state index in [1.54, 1.807) is 19.1 Å². The third-order valence-corrected chi connectivity index (χ3v) is 3.88. The maximum atomic E-state index is 13.7. The van der Waals surface area contributed by atoms with Gasteiger partial charge in [-0.3, -0.25) is 9.69 Å². The molecule has 1 unspecified atom stereocenters. The van der Waals surface area contributed by atoms with Crippen LogP contribution < -0.4 is 0 Å². The van der Waals surface area contributed by atoms with Gasteiger partial charge in [0, 0.05) is 29.6 Å². The van der Waals surface area contributed by atoms with Crippen LogP contribution in [0.5, 0.6) is 0 Å². The molecule has 0 radical (unpaired) electrons. The first-order valence-corrected chi connectivity index (χ1v) is 6.61. The second-order valence-electron chi connectivity index (χ2n) is 4.89. The van der Waals surface area contributed by atoms with E-state index in [1.165, 1.54) is 6.07 Å². The predicted molar refractivity (Wildman–Crippen MR) is 70.1 cm³/mol. The molecule has 1 aliphatic heterocycles. The normalized spacial score (nSPS) is 20.9. The number of hydrogen-bond acceptors (Lipinski definition) is 2. The van der Waals surface area contributed by atoms with Crippen molar-refractivity contribution in [3.63, 3.8) is 0 Å². The van der Waals surface area contributed by atoms with Gasteiger partial charge in [-0.2, -0.15) is 0 Å². The Morgan fingerprint density at radius 1 is 1.56 bits per heavy atom. The van der Waals surface area contributed by atoms with Crippen LogP contribution in [0.15, 0.2) is 18.2 Å². The maximum absolute atomic E-state index is 13.7. The van der Waals surface area contributed by atoms with Gasteiger partial charge in [0.25, 0.3) is 0 Å². The lowest BCUT2D eigenvalue weighted by Crippen LogP contribution is -2.37. The topological polar surface area (TPSA) is 20.3 Å². The molecule has 1 atom stereocenters. The molecular weight excluding hydrogens is 253 g/mol. The zero-order valence-electron chi connectivity index (χ0n) is 10.5. The van der Waals surface area contributed by atoms with Gasteiger partial charge in [0.2, 0.25) is 0 Å². The molecule has 4 heteroatoms. The number of Topliss-reactive ketones (excluding diaryl/α,β-unsaturated/α-hetero) is 1. The number of halogens is 2. The van der Waals surface area contributed by atoms with E-state index in [2.05, 4.69) is 4.90 Å². The molecule has 98 valence electrons. The van der Waals surface area contributed by atoms with Crippen molar-refractivity contribution in [2.75, 3.05) is 13.1 Å². The number of hydrogen-bond donors (Lipinski definition) is 0. The molecule has 0 aliphatic carbocycles. The summed E-state index contributed by atoms with van der Waals surface area (Å²) in [6.07, 6.45) is 1.92. The minimum Gasteiger partial charge on any atom is -0.300 e. The summed E-state index contributed by atoms with van der Waals surface area (Å²) in [5, 5.41) is 0.458. The largest absolute Gasteiger partial charge is 0.300 e. The first kappa shape index (κ1) is 13.5. The summed E-state index contributed by atoms with van der Waals surface area (Å²) >= 11 is 6.01. The van der Waals surface area contributed by atoms with Crippen LogP contribution in [-0.4, -0.2) is 23.8 Å². The number of carbonyl (C=O) groups is 1. The average molecular weight is 270 g/mol. The van der Waals surface area contributed by atoms with E-state index in [-0.39, 0.29) is 17.5 Å². The molecule has 18 heavy (non-hydrogen) atoms. The van der Waals surface area contributed by atoms with Gasteiger partial charge >= 0.3 is 0 Å². The summed E-state index contributed by atoms with van der Waals surface area (Å²) in [7, 11) is 0. The number of likely N-dealkylation sites (tertiary alicyclic amines) is 1. The highest BCUT2D eigenvalue weighted by Crippen LogP contribution is 2.24. The van der Waals surface area contributed by atoms with Crippen molar-refractivity contribution in [3.05, 3.63) is 34.6 Å². The highest BCUT2D eigenvalue weighted by Gasteiger charge is 2.24. The van der Waals surface area contributed by atoms with Crippen LogP contribution in [-0.2, 0) is 11.3 Å². The molecule has 1 fully saturated rings. The molecule has 0 bridgehead atoms. The summed E-state index contributed by atoms with van der Waals surface area (Å²) in [6, 6.07) is 4.73. The van der Waals surface area contributed by atoms with E-state index in [9.17, 15) is 9.18 Å². The van der Waals surface area contributed by atoms with Crippen LogP contribution in [0.2, 0.25) is 5.02 Å². The number of rotatable bonds is 3. The van der Waals surface area contributed by atoms with Gasteiger partial charge in [-0.1, -0.05) is 17.7 Å². The standard InChI is InChI=1S/C14H17ClFNO/c1-10(18)11-4-3-7-17(8-11)9-12-13(15)5-2-6-14(12)16/h2,5-6,11H,3-4,7-9H2,1H3. The van der Waals surface area contributed by atoms with E-state index < -0.39 is 0 Å². The Kier molecular flexibility index (Phi) is 4.36. The van der Waals surface area contributed by atoms with Gasteiger partial charge in [-0.15, -0.1) is 0 Å². The Hall–Kier alpha value is -0.930. The Bertz CT molecular complexity index is 429. The minimum absolute atomic E-state index is 0.0873. The Morgan fingerprint density at radius 3 is 3.00 bits per heavy atom. The van der Waals surface area contributed by atoms with Crippen LogP contribution in [0.25, 0.3) is 0 Å². The van der Waals surface area contributed by atoms with E-state index in [1.807, 2.05) is 0 Å². The first-order valence-electron chi connectivity index (χ1n) is 6.23. The Labute approximate surface area is 112 Å². The summed E-state index contributed by atoms with van der Waals surface area (Å²) in [5.41, 5.74) is 0.531. The summed E-state index contributed by atoms with van der Waals surface area (Å²) < 4.78 is 13.7. The van der Waals surface area contributed by atoms with Gasteiger partial charge in [0.15, 0.2) is 0 Å². The van der Waals surface area contributed by atoms with Crippen molar-refractivity contribution in [1.82, 2.24) is 4.90 Å². The molecule has 0 aromatic heterocycles. The lowest BCUT2D eigenvalue weighted by Gasteiger charge is -2.31. The third-order valence-electron chi connectivity index (χ3n) is 3.52. The summed E-state index contributed by atoms with van der Waals surface area (Å²) in [6.45, 7) is 3.72. The first-order chi connectivity index (χ1) is 8.58. The van der Waals surface area contributed by atoms with E-state index in [4.69, 9.17) is 11.6 Å². The average Bonchev–Trinajstić information content (AvgIpc) is 2.34. The quantitative estimate of drug-likeness (QED) is 0.839. The Balaban J connectivity index is 2.07. The van der Waals surface area contributed by atoms with Gasteiger partial charge in [-0.25, -0.2) is 4.39 Å². The van der Waals surface area contributed by atoms with Crippen LogP contribution in [0.4, 0.5) is 4.39 Å². The number of ketones is 1. The molecule has 1 aromatic rings. The van der Waals surface area contributed by atoms with E-state index in [0.717, 1.165) is 19.4 Å².